The van der Waals surface area contributed by atoms with Crippen LogP contribution in [-0.2, 0) is 22.7 Å². The molecule has 3 aromatic rings. The number of rotatable bonds is 3. The molecule has 0 saturated heterocycles. The third kappa shape index (κ3) is 4.21. The van der Waals surface area contributed by atoms with Crippen LogP contribution in [0.4, 0.5) is 0 Å². The van der Waals surface area contributed by atoms with Crippen LogP contribution in [0.1, 0.15) is 11.1 Å². The summed E-state index contributed by atoms with van der Waals surface area (Å²) in [5.41, 5.74) is 4.28. The topological polar surface area (TPSA) is 85.1 Å². The van der Waals surface area contributed by atoms with E-state index in [9.17, 15) is 8.42 Å². The van der Waals surface area contributed by atoms with Crippen molar-refractivity contribution in [3.63, 3.8) is 0 Å². The fourth-order valence-corrected chi connectivity index (χ4v) is 3.75. The summed E-state index contributed by atoms with van der Waals surface area (Å²) in [7, 11) is -3.22. The van der Waals surface area contributed by atoms with Crippen molar-refractivity contribution in [3.8, 4) is 22.8 Å². The predicted molar refractivity (Wildman–Crippen MR) is 106 cm³/mol. The highest BCUT2D eigenvalue weighted by Gasteiger charge is 2.15. The smallest absolute Gasteiger partial charge is 0.258 e. The normalized spacial score (nSPS) is 14.1. The van der Waals surface area contributed by atoms with E-state index in [4.69, 9.17) is 4.52 Å². The Balaban J connectivity index is 0.00000210. The van der Waals surface area contributed by atoms with Gasteiger partial charge in [0.25, 0.3) is 5.89 Å². The first-order chi connectivity index (χ1) is 12.5. The molecule has 1 aromatic heterocycles. The third-order valence-electron chi connectivity index (χ3n) is 4.56. The minimum atomic E-state index is -3.22. The summed E-state index contributed by atoms with van der Waals surface area (Å²) in [6.45, 7) is 1.97. The van der Waals surface area contributed by atoms with E-state index in [1.165, 1.54) is 17.4 Å². The van der Waals surface area contributed by atoms with Crippen molar-refractivity contribution in [1.29, 1.82) is 0 Å². The highest BCUT2D eigenvalue weighted by Crippen LogP contribution is 2.26. The summed E-state index contributed by atoms with van der Waals surface area (Å²) in [5.74, 6) is 0.906. The molecular formula is C19H20ClN3O3S. The van der Waals surface area contributed by atoms with Gasteiger partial charge in [0.05, 0.1) is 4.90 Å². The van der Waals surface area contributed by atoms with Crippen LogP contribution in [-0.4, -0.2) is 37.9 Å². The quantitative estimate of drug-likeness (QED) is 0.721. The number of halogens is 1. The summed E-state index contributed by atoms with van der Waals surface area (Å²) in [5, 5.41) is 7.44. The molecule has 2 aromatic carbocycles. The van der Waals surface area contributed by atoms with E-state index < -0.39 is 9.84 Å². The summed E-state index contributed by atoms with van der Waals surface area (Å²) in [4.78, 5) is 4.74. The highest BCUT2D eigenvalue weighted by molar-refractivity contribution is 7.90. The Morgan fingerprint density at radius 1 is 0.963 bits per heavy atom. The largest absolute Gasteiger partial charge is 0.334 e. The number of fused-ring (bicyclic) bond motifs is 1. The first-order valence-corrected chi connectivity index (χ1v) is 10.4. The molecule has 1 N–H and O–H groups in total. The van der Waals surface area contributed by atoms with Gasteiger partial charge in [-0.1, -0.05) is 11.2 Å². The maximum atomic E-state index is 11.6. The lowest BCUT2D eigenvalue weighted by molar-refractivity contribution is 0.432. The lowest BCUT2D eigenvalue weighted by atomic mass is 10.00. The van der Waals surface area contributed by atoms with Crippen molar-refractivity contribution < 1.29 is 12.9 Å². The molecule has 8 heteroatoms. The van der Waals surface area contributed by atoms with Crippen LogP contribution >= 0.6 is 12.4 Å². The average Bonchev–Trinajstić information content (AvgIpc) is 3.00. The van der Waals surface area contributed by atoms with Gasteiger partial charge in [-0.15, -0.1) is 12.4 Å². The van der Waals surface area contributed by atoms with Gasteiger partial charge in [-0.3, -0.25) is 0 Å². The number of benzene rings is 2. The van der Waals surface area contributed by atoms with Gasteiger partial charge in [-0.2, -0.15) is 4.98 Å². The summed E-state index contributed by atoms with van der Waals surface area (Å²) >= 11 is 0. The SMILES string of the molecule is CS(=O)(=O)c1ccc(-c2noc(-c3ccc4c(c3)CCNCC4)n2)cc1.Cl. The molecule has 0 fully saturated rings. The van der Waals surface area contributed by atoms with E-state index in [1.54, 1.807) is 24.3 Å². The zero-order valence-electron chi connectivity index (χ0n) is 14.8. The second-order valence-electron chi connectivity index (χ2n) is 6.45. The summed E-state index contributed by atoms with van der Waals surface area (Å²) < 4.78 is 28.5. The van der Waals surface area contributed by atoms with Gasteiger partial charge in [0.1, 0.15) is 0 Å². The number of nitrogens with zero attached hydrogens (tertiary/aromatic N) is 2. The zero-order valence-corrected chi connectivity index (χ0v) is 16.4. The molecule has 0 radical (unpaired) electrons. The maximum Gasteiger partial charge on any atom is 0.258 e. The molecule has 142 valence electrons. The first kappa shape index (κ1) is 19.5. The van der Waals surface area contributed by atoms with E-state index in [-0.39, 0.29) is 17.3 Å². The summed E-state index contributed by atoms with van der Waals surface area (Å²) in [6.07, 6.45) is 3.19. The number of aromatic nitrogens is 2. The van der Waals surface area contributed by atoms with E-state index in [0.29, 0.717) is 17.3 Å². The minimum absolute atomic E-state index is 0. The molecular weight excluding hydrogens is 386 g/mol. The van der Waals surface area contributed by atoms with E-state index >= 15 is 0 Å². The Bertz CT molecular complexity index is 1050. The summed E-state index contributed by atoms with van der Waals surface area (Å²) in [6, 6.07) is 12.7. The van der Waals surface area contributed by atoms with Crippen molar-refractivity contribution in [1.82, 2.24) is 15.5 Å². The van der Waals surface area contributed by atoms with E-state index in [2.05, 4.69) is 27.6 Å². The molecule has 4 rings (SSSR count). The molecule has 0 aliphatic carbocycles. The van der Waals surface area contributed by atoms with Crippen molar-refractivity contribution in [2.45, 2.75) is 17.7 Å². The molecule has 1 aliphatic heterocycles. The molecule has 1 aliphatic rings. The van der Waals surface area contributed by atoms with Crippen LogP contribution in [0.5, 0.6) is 0 Å². The monoisotopic (exact) mass is 405 g/mol. The molecule has 0 amide bonds. The predicted octanol–water partition coefficient (Wildman–Crippen LogP) is 2.92. The molecule has 0 saturated carbocycles. The van der Waals surface area contributed by atoms with E-state index in [1.807, 2.05) is 6.07 Å². The third-order valence-corrected chi connectivity index (χ3v) is 5.69. The van der Waals surface area contributed by atoms with Gasteiger partial charge in [0, 0.05) is 17.4 Å². The fraction of sp³-hybridized carbons (Fsp3) is 0.263. The average molecular weight is 406 g/mol. The Hall–Kier alpha value is -2.22. The molecule has 0 atom stereocenters. The molecule has 0 bridgehead atoms. The number of sulfone groups is 1. The second kappa shape index (κ2) is 7.80. The van der Waals surface area contributed by atoms with Crippen LogP contribution in [0.2, 0.25) is 0 Å². The maximum absolute atomic E-state index is 11.6. The standard InChI is InChI=1S/C19H19N3O3S.ClH/c1-26(23,24)17-6-4-14(5-7-17)18-21-19(25-22-18)16-3-2-13-8-10-20-11-9-15(13)12-16;/h2-7,12,20H,8-11H2,1H3;1H. The van der Waals surface area contributed by atoms with Crippen molar-refractivity contribution >= 4 is 22.2 Å². The Labute approximate surface area is 164 Å². The minimum Gasteiger partial charge on any atom is -0.334 e. The zero-order chi connectivity index (χ0) is 18.1. The van der Waals surface area contributed by atoms with Crippen LogP contribution in [0.15, 0.2) is 51.9 Å². The molecule has 6 nitrogen and oxygen atoms in total. The van der Waals surface area contributed by atoms with Gasteiger partial charge in [0.2, 0.25) is 5.82 Å². The van der Waals surface area contributed by atoms with Gasteiger partial charge < -0.3 is 9.84 Å². The van der Waals surface area contributed by atoms with Gasteiger partial charge >= 0.3 is 0 Å². The van der Waals surface area contributed by atoms with Crippen molar-refractivity contribution in [2.24, 2.45) is 0 Å². The van der Waals surface area contributed by atoms with Gasteiger partial charge in [-0.05, 0) is 73.5 Å². The molecule has 2 heterocycles. The highest BCUT2D eigenvalue weighted by atomic mass is 35.5. The number of hydrogen-bond donors (Lipinski definition) is 1. The second-order valence-corrected chi connectivity index (χ2v) is 8.47. The van der Waals surface area contributed by atoms with Gasteiger partial charge in [-0.25, -0.2) is 8.42 Å². The van der Waals surface area contributed by atoms with Crippen LogP contribution in [0, 0.1) is 0 Å². The van der Waals surface area contributed by atoms with Gasteiger partial charge in [0.15, 0.2) is 9.84 Å². The fourth-order valence-electron chi connectivity index (χ4n) is 3.12. The Kier molecular flexibility index (Phi) is 5.64. The van der Waals surface area contributed by atoms with Crippen LogP contribution < -0.4 is 5.32 Å². The number of hydrogen-bond acceptors (Lipinski definition) is 6. The lowest BCUT2D eigenvalue weighted by Gasteiger charge is -2.05. The van der Waals surface area contributed by atoms with Crippen LogP contribution in [0.25, 0.3) is 22.8 Å². The molecule has 0 unspecified atom stereocenters. The van der Waals surface area contributed by atoms with Crippen molar-refractivity contribution in [2.75, 3.05) is 19.3 Å². The lowest BCUT2D eigenvalue weighted by Crippen LogP contribution is -2.16. The Morgan fingerprint density at radius 2 is 1.63 bits per heavy atom. The Morgan fingerprint density at radius 3 is 2.33 bits per heavy atom. The molecule has 27 heavy (non-hydrogen) atoms. The van der Waals surface area contributed by atoms with E-state index in [0.717, 1.165) is 31.5 Å². The van der Waals surface area contributed by atoms with Crippen molar-refractivity contribution in [3.05, 3.63) is 53.6 Å². The molecule has 0 spiro atoms. The first-order valence-electron chi connectivity index (χ1n) is 8.48. The number of nitrogens with one attached hydrogen (secondary N) is 1. The van der Waals surface area contributed by atoms with Crippen LogP contribution in [0.3, 0.4) is 0 Å².